The monoisotopic (exact) mass is 315 g/mol. The molecule has 0 spiro atoms. The number of halogens is 1. The van der Waals surface area contributed by atoms with E-state index in [-0.39, 0.29) is 27.9 Å². The lowest BCUT2D eigenvalue weighted by Gasteiger charge is -2.02. The van der Waals surface area contributed by atoms with Crippen molar-refractivity contribution in [2.75, 3.05) is 0 Å². The Bertz CT molecular complexity index is 659. The van der Waals surface area contributed by atoms with Gasteiger partial charge in [0.25, 0.3) is 15.5 Å². The van der Waals surface area contributed by atoms with Crippen LogP contribution in [0, 0.1) is 15.9 Å². The molecule has 4 nitrogen and oxygen atoms in total. The highest BCUT2D eigenvalue weighted by atomic mass is 28.2. The summed E-state index contributed by atoms with van der Waals surface area (Å²) >= 11 is 0. The first-order valence-electron chi connectivity index (χ1n) is 6.66. The Morgan fingerprint density at radius 1 is 1.18 bits per heavy atom. The highest BCUT2D eigenvalue weighted by Gasteiger charge is 2.11. The van der Waals surface area contributed by atoms with Crippen molar-refractivity contribution in [3.8, 4) is 0 Å². The van der Waals surface area contributed by atoms with Crippen molar-refractivity contribution < 1.29 is 13.7 Å². The van der Waals surface area contributed by atoms with E-state index in [4.69, 9.17) is 4.43 Å². The first-order chi connectivity index (χ1) is 10.7. The number of rotatable bonds is 7. The Balaban J connectivity index is 1.76. The molecule has 0 unspecified atom stereocenters. The minimum Gasteiger partial charge on any atom is -0.408 e. The third kappa shape index (κ3) is 4.91. The maximum Gasteiger partial charge on any atom is 0.274 e. The number of allylic oxidation sites excluding steroid dienone is 1. The van der Waals surface area contributed by atoms with Crippen LogP contribution in [-0.2, 0) is 17.5 Å². The molecule has 22 heavy (non-hydrogen) atoms. The maximum atomic E-state index is 12.7. The van der Waals surface area contributed by atoms with Crippen LogP contribution < -0.4 is 0 Å². The fourth-order valence-corrected chi connectivity index (χ4v) is 2.39. The van der Waals surface area contributed by atoms with E-state index in [9.17, 15) is 14.5 Å². The molecule has 0 atom stereocenters. The van der Waals surface area contributed by atoms with Crippen LogP contribution in [0.5, 0.6) is 0 Å². The predicted octanol–water partition coefficient (Wildman–Crippen LogP) is 3.63. The summed E-state index contributed by atoms with van der Waals surface area (Å²) in [5.41, 5.74) is 3.52. The second-order valence-corrected chi connectivity index (χ2v) is 5.38. The quantitative estimate of drug-likeness (QED) is 0.339. The summed E-state index contributed by atoms with van der Waals surface area (Å²) in [6, 6.07) is 12.9. The standard InChI is InChI=1S/C16H14FNO3Si/c17-15-9-7-13(8-10-15)4-3-11-22-21-12-14-5-1-2-6-16(14)18(19)20/h1-3,5-11H,4,12H2. The molecular weight excluding hydrogens is 301 g/mol. The van der Waals surface area contributed by atoms with Gasteiger partial charge in [-0.15, -0.1) is 0 Å². The summed E-state index contributed by atoms with van der Waals surface area (Å²) in [7, 11) is 0.120. The van der Waals surface area contributed by atoms with Gasteiger partial charge in [0.1, 0.15) is 5.82 Å². The molecule has 0 amide bonds. The van der Waals surface area contributed by atoms with Gasteiger partial charge in [-0.2, -0.15) is 0 Å². The smallest absolute Gasteiger partial charge is 0.274 e. The summed E-state index contributed by atoms with van der Waals surface area (Å²) in [5.74, 6) is -0.248. The normalized spacial score (nSPS) is 11.0. The zero-order valence-corrected chi connectivity index (χ0v) is 12.7. The van der Waals surface area contributed by atoms with Crippen LogP contribution in [0.3, 0.4) is 0 Å². The van der Waals surface area contributed by atoms with Crippen LogP contribution in [0.25, 0.3) is 0 Å². The average Bonchev–Trinajstić information content (AvgIpc) is 2.52. The van der Waals surface area contributed by atoms with Gasteiger partial charge in [0, 0.05) is 6.07 Å². The zero-order valence-electron chi connectivity index (χ0n) is 11.7. The molecule has 0 fully saturated rings. The van der Waals surface area contributed by atoms with Gasteiger partial charge in [-0.05, 0) is 30.2 Å². The maximum absolute atomic E-state index is 12.7. The SMILES string of the molecule is O=[N+]([O-])c1ccccc1CO[Si]C=CCc1ccc(F)cc1. The van der Waals surface area contributed by atoms with Crippen molar-refractivity contribution in [3.63, 3.8) is 0 Å². The number of hydrogen-bond donors (Lipinski definition) is 0. The molecule has 0 aliphatic carbocycles. The van der Waals surface area contributed by atoms with Gasteiger partial charge in [-0.1, -0.05) is 36.0 Å². The molecule has 0 N–H and O–H groups in total. The molecule has 0 heterocycles. The summed E-state index contributed by atoms with van der Waals surface area (Å²) in [5, 5.41) is 10.8. The average molecular weight is 315 g/mol. The number of nitrogens with zero attached hydrogens (tertiary/aromatic N) is 1. The van der Waals surface area contributed by atoms with E-state index < -0.39 is 4.92 Å². The summed E-state index contributed by atoms with van der Waals surface area (Å²) in [4.78, 5) is 10.4. The van der Waals surface area contributed by atoms with E-state index in [1.807, 2.05) is 11.8 Å². The minimum atomic E-state index is -0.411. The molecule has 2 aromatic rings. The molecule has 0 saturated carbocycles. The highest BCUT2D eigenvalue weighted by molar-refractivity contribution is 6.34. The second kappa shape index (κ2) is 8.21. The lowest BCUT2D eigenvalue weighted by atomic mass is 10.1. The third-order valence-corrected chi connectivity index (χ3v) is 3.63. The Morgan fingerprint density at radius 3 is 2.64 bits per heavy atom. The lowest BCUT2D eigenvalue weighted by molar-refractivity contribution is -0.385. The van der Waals surface area contributed by atoms with Crippen LogP contribution in [-0.4, -0.2) is 14.7 Å². The molecule has 2 aromatic carbocycles. The van der Waals surface area contributed by atoms with Crippen molar-refractivity contribution in [2.24, 2.45) is 0 Å². The number of hydrogen-bond acceptors (Lipinski definition) is 3. The van der Waals surface area contributed by atoms with Crippen molar-refractivity contribution in [3.05, 3.63) is 87.4 Å². The van der Waals surface area contributed by atoms with Crippen molar-refractivity contribution in [2.45, 2.75) is 13.0 Å². The number of benzene rings is 2. The van der Waals surface area contributed by atoms with Crippen molar-refractivity contribution in [1.29, 1.82) is 0 Å². The van der Waals surface area contributed by atoms with Gasteiger partial charge in [-0.3, -0.25) is 10.1 Å². The van der Waals surface area contributed by atoms with Crippen LogP contribution >= 0.6 is 0 Å². The summed E-state index contributed by atoms with van der Waals surface area (Å²) in [6.07, 6.45) is 2.63. The minimum absolute atomic E-state index is 0.0718. The molecule has 0 aliphatic heterocycles. The van der Waals surface area contributed by atoms with Crippen molar-refractivity contribution >= 4 is 15.5 Å². The Kier molecular flexibility index (Phi) is 5.99. The Hall–Kier alpha value is -2.31. The van der Waals surface area contributed by atoms with E-state index in [0.717, 1.165) is 5.56 Å². The Morgan fingerprint density at radius 2 is 1.91 bits per heavy atom. The molecule has 6 heteroatoms. The third-order valence-electron chi connectivity index (χ3n) is 2.95. The van der Waals surface area contributed by atoms with E-state index in [1.54, 1.807) is 30.3 Å². The van der Waals surface area contributed by atoms with Gasteiger partial charge < -0.3 is 4.43 Å². The van der Waals surface area contributed by atoms with Crippen LogP contribution in [0.15, 0.2) is 60.3 Å². The zero-order chi connectivity index (χ0) is 15.8. The van der Waals surface area contributed by atoms with Crippen LogP contribution in [0.4, 0.5) is 10.1 Å². The fraction of sp³-hybridized carbons (Fsp3) is 0.125. The first-order valence-corrected chi connectivity index (χ1v) is 7.64. The van der Waals surface area contributed by atoms with Gasteiger partial charge in [-0.25, -0.2) is 4.39 Å². The lowest BCUT2D eigenvalue weighted by Crippen LogP contribution is -2.00. The van der Waals surface area contributed by atoms with E-state index in [0.29, 0.717) is 12.0 Å². The molecule has 2 radical (unpaired) electrons. The van der Waals surface area contributed by atoms with Gasteiger partial charge >= 0.3 is 0 Å². The van der Waals surface area contributed by atoms with Crippen LogP contribution in [0.1, 0.15) is 11.1 Å². The van der Waals surface area contributed by atoms with E-state index in [1.165, 1.54) is 18.2 Å². The van der Waals surface area contributed by atoms with Crippen LogP contribution in [0.2, 0.25) is 0 Å². The molecule has 0 aromatic heterocycles. The summed E-state index contributed by atoms with van der Waals surface area (Å²) in [6.45, 7) is 0.205. The largest absolute Gasteiger partial charge is 0.408 e. The molecule has 0 saturated heterocycles. The highest BCUT2D eigenvalue weighted by Crippen LogP contribution is 2.18. The molecular formula is C16H14FNO3Si. The molecule has 2 rings (SSSR count). The molecule has 0 aliphatic rings. The van der Waals surface area contributed by atoms with Gasteiger partial charge in [0.2, 0.25) is 0 Å². The fourth-order valence-electron chi connectivity index (χ4n) is 1.84. The number of para-hydroxylation sites is 1. The Labute approximate surface area is 130 Å². The topological polar surface area (TPSA) is 52.4 Å². The first kappa shape index (κ1) is 16.1. The number of nitro benzene ring substituents is 1. The van der Waals surface area contributed by atoms with E-state index in [2.05, 4.69) is 0 Å². The predicted molar refractivity (Wildman–Crippen MR) is 82.9 cm³/mol. The van der Waals surface area contributed by atoms with Crippen molar-refractivity contribution in [1.82, 2.24) is 0 Å². The van der Waals surface area contributed by atoms with E-state index >= 15 is 0 Å². The number of nitro groups is 1. The molecule has 112 valence electrons. The van der Waals surface area contributed by atoms with Gasteiger partial charge in [0.15, 0.2) is 0 Å². The second-order valence-electron chi connectivity index (χ2n) is 4.53. The molecule has 0 bridgehead atoms. The van der Waals surface area contributed by atoms with Gasteiger partial charge in [0.05, 0.1) is 17.1 Å². The summed E-state index contributed by atoms with van der Waals surface area (Å²) < 4.78 is 18.2.